The first-order chi connectivity index (χ1) is 15.1. The van der Waals surface area contributed by atoms with Crippen molar-refractivity contribution in [3.63, 3.8) is 0 Å². The van der Waals surface area contributed by atoms with E-state index in [2.05, 4.69) is 16.5 Å². The molecule has 1 N–H and O–H groups in total. The molecule has 3 heterocycles. The fourth-order valence-corrected chi connectivity index (χ4v) is 5.40. The number of carbonyl (C=O) groups excluding carboxylic acids is 1. The molecule has 31 heavy (non-hydrogen) atoms. The second kappa shape index (κ2) is 8.15. The highest BCUT2D eigenvalue weighted by Crippen LogP contribution is 2.36. The van der Waals surface area contributed by atoms with E-state index in [0.29, 0.717) is 0 Å². The van der Waals surface area contributed by atoms with Gasteiger partial charge in [-0.25, -0.2) is 14.5 Å². The number of benzene rings is 2. The lowest BCUT2D eigenvalue weighted by atomic mass is 10.0. The Hall–Kier alpha value is -3.19. The maximum Gasteiger partial charge on any atom is 0.322 e. The van der Waals surface area contributed by atoms with E-state index in [4.69, 9.17) is 4.98 Å². The molecule has 1 fully saturated rings. The number of urea groups is 1. The smallest absolute Gasteiger partial charge is 0.315 e. The minimum atomic E-state index is -0.0808. The van der Waals surface area contributed by atoms with Gasteiger partial charge >= 0.3 is 6.03 Å². The van der Waals surface area contributed by atoms with Gasteiger partial charge in [-0.3, -0.25) is 0 Å². The zero-order chi connectivity index (χ0) is 21.4. The molecule has 1 aliphatic rings. The van der Waals surface area contributed by atoms with Gasteiger partial charge in [-0.15, -0.1) is 11.3 Å². The van der Waals surface area contributed by atoms with Crippen molar-refractivity contribution >= 4 is 33.3 Å². The number of hydrogen-bond donors (Lipinski definition) is 1. The van der Waals surface area contributed by atoms with Crippen LogP contribution in [0.2, 0.25) is 0 Å². The monoisotopic (exact) mass is 431 g/mol. The Morgan fingerprint density at radius 1 is 1.06 bits per heavy atom. The topological polar surface area (TPSA) is 63.1 Å². The number of rotatable bonds is 3. The van der Waals surface area contributed by atoms with Gasteiger partial charge in [0, 0.05) is 6.54 Å². The van der Waals surface area contributed by atoms with Crippen molar-refractivity contribution in [1.29, 1.82) is 0 Å². The summed E-state index contributed by atoms with van der Waals surface area (Å²) in [5, 5.41) is 8.83. The molecule has 1 atom stereocenters. The van der Waals surface area contributed by atoms with Gasteiger partial charge in [0.05, 0.1) is 39.0 Å². The van der Waals surface area contributed by atoms with Crippen molar-refractivity contribution in [1.82, 2.24) is 19.7 Å². The number of aryl methyl sites for hydroxylation is 1. The van der Waals surface area contributed by atoms with E-state index in [9.17, 15) is 4.79 Å². The predicted molar refractivity (Wildman–Crippen MR) is 125 cm³/mol. The van der Waals surface area contributed by atoms with Crippen molar-refractivity contribution in [3.8, 4) is 5.69 Å². The Kier molecular flexibility index (Phi) is 5.19. The summed E-state index contributed by atoms with van der Waals surface area (Å²) in [5.74, 6) is 0. The number of para-hydroxylation sites is 2. The van der Waals surface area contributed by atoms with Gasteiger partial charge < -0.3 is 10.2 Å². The van der Waals surface area contributed by atoms with Crippen LogP contribution in [0.15, 0.2) is 54.6 Å². The van der Waals surface area contributed by atoms with Crippen LogP contribution in [-0.2, 0) is 0 Å². The molecule has 2 aromatic carbocycles. The van der Waals surface area contributed by atoms with Crippen LogP contribution < -0.4 is 5.32 Å². The number of likely N-dealkylation sites (tertiary alicyclic amines) is 1. The number of nitrogens with zero attached hydrogens (tertiary/aromatic N) is 4. The first-order valence-electron chi connectivity index (χ1n) is 10.7. The van der Waals surface area contributed by atoms with E-state index in [1.807, 2.05) is 72.0 Å². The molecule has 4 aromatic rings. The van der Waals surface area contributed by atoms with Crippen LogP contribution >= 0.6 is 11.3 Å². The van der Waals surface area contributed by atoms with Crippen molar-refractivity contribution in [3.05, 3.63) is 71.0 Å². The quantitative estimate of drug-likeness (QED) is 0.442. The lowest BCUT2D eigenvalue weighted by molar-refractivity contribution is 0.163. The first-order valence-corrected chi connectivity index (χ1v) is 11.5. The second-order valence-electron chi connectivity index (χ2n) is 7.95. The Labute approximate surface area is 185 Å². The first kappa shape index (κ1) is 19.8. The molecule has 2 amide bonds. The normalized spacial score (nSPS) is 16.6. The summed E-state index contributed by atoms with van der Waals surface area (Å²) in [6.07, 6.45) is 3.05. The Balaban J connectivity index is 1.42. The summed E-state index contributed by atoms with van der Waals surface area (Å²) < 4.78 is 3.05. The fourth-order valence-electron chi connectivity index (χ4n) is 4.29. The summed E-state index contributed by atoms with van der Waals surface area (Å²) in [5.41, 5.74) is 4.49. The lowest BCUT2D eigenvalue weighted by Crippen LogP contribution is -2.41. The zero-order valence-electron chi connectivity index (χ0n) is 17.7. The van der Waals surface area contributed by atoms with Crippen molar-refractivity contribution in [2.45, 2.75) is 39.2 Å². The Bertz CT molecular complexity index is 1200. The highest BCUT2D eigenvalue weighted by atomic mass is 32.1. The van der Waals surface area contributed by atoms with Crippen LogP contribution in [0.1, 0.15) is 41.7 Å². The van der Waals surface area contributed by atoms with Gasteiger partial charge in [0.25, 0.3) is 0 Å². The molecule has 158 valence electrons. The third-order valence-corrected chi connectivity index (χ3v) is 7.02. The van der Waals surface area contributed by atoms with E-state index in [0.717, 1.165) is 59.1 Å². The van der Waals surface area contributed by atoms with Crippen molar-refractivity contribution in [2.24, 2.45) is 0 Å². The van der Waals surface area contributed by atoms with Crippen molar-refractivity contribution < 1.29 is 4.79 Å². The van der Waals surface area contributed by atoms with Crippen LogP contribution in [-0.4, -0.2) is 32.2 Å². The summed E-state index contributed by atoms with van der Waals surface area (Å²) in [4.78, 5) is 20.2. The van der Waals surface area contributed by atoms with Crippen LogP contribution in [0, 0.1) is 13.8 Å². The number of carbonyl (C=O) groups is 1. The molecule has 0 spiro atoms. The maximum absolute atomic E-state index is 13.4. The number of amides is 2. The fraction of sp³-hybridized carbons (Fsp3) is 0.292. The van der Waals surface area contributed by atoms with E-state index < -0.39 is 0 Å². The van der Waals surface area contributed by atoms with Gasteiger partial charge in [0.1, 0.15) is 5.01 Å². The minimum Gasteiger partial charge on any atom is -0.315 e. The summed E-state index contributed by atoms with van der Waals surface area (Å²) >= 11 is 1.69. The number of piperidine rings is 1. The molecule has 0 radical (unpaired) electrons. The van der Waals surface area contributed by atoms with Gasteiger partial charge in [-0.05, 0) is 57.4 Å². The molecular formula is C24H25N5OS. The van der Waals surface area contributed by atoms with Gasteiger partial charge in [0.15, 0.2) is 0 Å². The molecule has 7 heteroatoms. The summed E-state index contributed by atoms with van der Waals surface area (Å²) in [6, 6.07) is 18.1. The maximum atomic E-state index is 13.4. The molecule has 2 aromatic heterocycles. The van der Waals surface area contributed by atoms with Crippen LogP contribution in [0.25, 0.3) is 15.9 Å². The predicted octanol–water partition coefficient (Wildman–Crippen LogP) is 5.86. The van der Waals surface area contributed by atoms with E-state index in [-0.39, 0.29) is 12.1 Å². The molecular weight excluding hydrogens is 406 g/mol. The molecule has 0 aliphatic carbocycles. The molecule has 6 nitrogen and oxygen atoms in total. The van der Waals surface area contributed by atoms with Crippen molar-refractivity contribution in [2.75, 3.05) is 11.9 Å². The van der Waals surface area contributed by atoms with Gasteiger partial charge in [0.2, 0.25) is 0 Å². The number of fused-ring (bicyclic) bond motifs is 1. The molecule has 0 saturated carbocycles. The van der Waals surface area contributed by atoms with Gasteiger partial charge in [-0.1, -0.05) is 30.3 Å². The third-order valence-electron chi connectivity index (χ3n) is 5.88. The summed E-state index contributed by atoms with van der Waals surface area (Å²) in [7, 11) is 0. The van der Waals surface area contributed by atoms with Crippen LogP contribution in [0.3, 0.4) is 0 Å². The third kappa shape index (κ3) is 3.70. The largest absolute Gasteiger partial charge is 0.322 e. The van der Waals surface area contributed by atoms with Crippen LogP contribution in [0.5, 0.6) is 0 Å². The number of aromatic nitrogens is 3. The molecule has 1 aliphatic heterocycles. The lowest BCUT2D eigenvalue weighted by Gasteiger charge is -2.34. The molecule has 1 unspecified atom stereocenters. The number of thiazole rings is 1. The number of anilines is 1. The van der Waals surface area contributed by atoms with E-state index >= 15 is 0 Å². The standard InChI is InChI=1S/C24H25N5OS/c1-16-22(17(2)29(27-16)18-10-4-3-5-11-18)26-24(30)28-15-9-8-13-20(28)23-25-19-12-6-7-14-21(19)31-23/h3-7,10-12,14,20H,8-9,13,15H2,1-2H3,(H,26,30). The van der Waals surface area contributed by atoms with E-state index in [1.54, 1.807) is 11.3 Å². The second-order valence-corrected chi connectivity index (χ2v) is 9.01. The highest BCUT2D eigenvalue weighted by Gasteiger charge is 2.31. The molecule has 0 bridgehead atoms. The number of nitrogens with one attached hydrogen (secondary N) is 1. The van der Waals surface area contributed by atoms with Crippen LogP contribution in [0.4, 0.5) is 10.5 Å². The minimum absolute atomic E-state index is 0.0101. The SMILES string of the molecule is Cc1nn(-c2ccccc2)c(C)c1NC(=O)N1CCCCC1c1nc2ccccc2s1. The van der Waals surface area contributed by atoms with E-state index in [1.165, 1.54) is 4.70 Å². The molecule has 1 saturated heterocycles. The zero-order valence-corrected chi connectivity index (χ0v) is 18.5. The Morgan fingerprint density at radius 3 is 2.65 bits per heavy atom. The highest BCUT2D eigenvalue weighted by molar-refractivity contribution is 7.18. The average molecular weight is 432 g/mol. The molecule has 5 rings (SSSR count). The van der Waals surface area contributed by atoms with Gasteiger partial charge in [-0.2, -0.15) is 5.10 Å². The summed E-state index contributed by atoms with van der Waals surface area (Å²) in [6.45, 7) is 4.66. The Morgan fingerprint density at radius 2 is 1.84 bits per heavy atom. The average Bonchev–Trinajstić information content (AvgIpc) is 3.36. The number of hydrogen-bond acceptors (Lipinski definition) is 4.